The maximum Gasteiger partial charge on any atom is 0.472 e. The first-order valence-electron chi connectivity index (χ1n) is 36.8. The molecule has 2 unspecified atom stereocenters. The van der Waals surface area contributed by atoms with Crippen LogP contribution in [-0.4, -0.2) is 96.7 Å². The van der Waals surface area contributed by atoms with Crippen molar-refractivity contribution in [3.8, 4) is 0 Å². The highest BCUT2D eigenvalue weighted by atomic mass is 31.2. The molecule has 0 fully saturated rings. The number of aliphatic hydroxyl groups is 1. The van der Waals surface area contributed by atoms with Gasteiger partial charge in [-0.15, -0.1) is 0 Å². The molecule has 0 saturated carbocycles. The van der Waals surface area contributed by atoms with Gasteiger partial charge in [0.25, 0.3) is 0 Å². The van der Waals surface area contributed by atoms with Crippen LogP contribution in [-0.2, 0) is 65.4 Å². The van der Waals surface area contributed by atoms with Gasteiger partial charge in [0.15, 0.2) is 12.2 Å². The van der Waals surface area contributed by atoms with E-state index in [9.17, 15) is 43.2 Å². The zero-order chi connectivity index (χ0) is 65.4. The SMILES string of the molecule is CCCCCCCCCCCCCCCCCCCCC(=O)O[C@H](COC(=O)CCCCCCCCCCCCCCCCCC)COP(=O)(O)OC[C@@H](O)COP(=O)(O)OC[C@@H](COC(=O)CCCCCCCCC)OC(=O)CCCCCCCCCC. The quantitative estimate of drug-likeness (QED) is 0.0222. The van der Waals surface area contributed by atoms with Crippen LogP contribution in [0.3, 0.4) is 0 Å². The fraction of sp³-hybridized carbons (Fsp3) is 0.943. The lowest BCUT2D eigenvalue weighted by atomic mass is 10.0. The summed E-state index contributed by atoms with van der Waals surface area (Å²) in [6.07, 6.45) is 53.0. The van der Waals surface area contributed by atoms with Gasteiger partial charge in [0.1, 0.15) is 19.3 Å². The number of carbonyl (C=O) groups is 4. The third kappa shape index (κ3) is 64.6. The highest BCUT2D eigenvalue weighted by Crippen LogP contribution is 2.45. The molecule has 0 saturated heterocycles. The van der Waals surface area contributed by atoms with Gasteiger partial charge in [-0.3, -0.25) is 37.3 Å². The molecule has 0 rings (SSSR count). The van der Waals surface area contributed by atoms with Crippen molar-refractivity contribution in [1.29, 1.82) is 0 Å². The van der Waals surface area contributed by atoms with Gasteiger partial charge in [-0.25, -0.2) is 9.13 Å². The summed E-state index contributed by atoms with van der Waals surface area (Å²) in [6, 6.07) is 0. The van der Waals surface area contributed by atoms with Gasteiger partial charge >= 0.3 is 39.5 Å². The van der Waals surface area contributed by atoms with Gasteiger partial charge < -0.3 is 33.8 Å². The number of hydrogen-bond acceptors (Lipinski definition) is 15. The van der Waals surface area contributed by atoms with Gasteiger partial charge in [-0.05, 0) is 25.7 Å². The molecule has 0 spiro atoms. The van der Waals surface area contributed by atoms with E-state index in [1.165, 1.54) is 180 Å². The number of phosphoric ester groups is 2. The van der Waals surface area contributed by atoms with Crippen molar-refractivity contribution in [2.24, 2.45) is 0 Å². The molecule has 0 heterocycles. The topological polar surface area (TPSA) is 237 Å². The summed E-state index contributed by atoms with van der Waals surface area (Å²) in [5.74, 6) is -2.13. The minimum atomic E-state index is -4.95. The van der Waals surface area contributed by atoms with E-state index in [1.807, 2.05) is 0 Å². The number of esters is 4. The summed E-state index contributed by atoms with van der Waals surface area (Å²) < 4.78 is 68.1. The molecule has 528 valence electrons. The minimum absolute atomic E-state index is 0.105. The molecule has 3 N–H and O–H groups in total. The van der Waals surface area contributed by atoms with Crippen LogP contribution in [0.2, 0.25) is 0 Å². The molecule has 0 amide bonds. The van der Waals surface area contributed by atoms with E-state index in [0.717, 1.165) is 109 Å². The normalized spacial score (nSPS) is 14.0. The zero-order valence-corrected chi connectivity index (χ0v) is 59.2. The van der Waals surface area contributed by atoms with Crippen LogP contribution in [0.1, 0.15) is 368 Å². The summed E-state index contributed by atoms with van der Waals surface area (Å²) in [7, 11) is -9.89. The fourth-order valence-electron chi connectivity index (χ4n) is 10.7. The maximum atomic E-state index is 13.0. The third-order valence-corrected chi connectivity index (χ3v) is 18.3. The Morgan fingerprint density at radius 3 is 0.663 bits per heavy atom. The van der Waals surface area contributed by atoms with Crippen LogP contribution in [0.5, 0.6) is 0 Å². The molecule has 0 radical (unpaired) electrons. The summed E-state index contributed by atoms with van der Waals surface area (Å²) in [5.41, 5.74) is 0. The van der Waals surface area contributed by atoms with Gasteiger partial charge in [0, 0.05) is 25.7 Å². The largest absolute Gasteiger partial charge is 0.472 e. The first-order valence-corrected chi connectivity index (χ1v) is 39.8. The molecule has 0 aromatic heterocycles. The van der Waals surface area contributed by atoms with Crippen molar-refractivity contribution in [3.63, 3.8) is 0 Å². The lowest BCUT2D eigenvalue weighted by Crippen LogP contribution is -2.30. The van der Waals surface area contributed by atoms with Gasteiger partial charge in [-0.1, -0.05) is 317 Å². The monoisotopic (exact) mass is 1310 g/mol. The summed E-state index contributed by atoms with van der Waals surface area (Å²) >= 11 is 0. The average molecular weight is 1310 g/mol. The molecule has 0 aliphatic heterocycles. The third-order valence-electron chi connectivity index (χ3n) is 16.4. The molecule has 0 aromatic rings. The Morgan fingerprint density at radius 2 is 0.449 bits per heavy atom. The fourth-order valence-corrected chi connectivity index (χ4v) is 12.3. The van der Waals surface area contributed by atoms with Crippen LogP contribution >= 0.6 is 15.6 Å². The van der Waals surface area contributed by atoms with Gasteiger partial charge in [0.2, 0.25) is 0 Å². The Kier molecular flexibility index (Phi) is 63.3. The van der Waals surface area contributed by atoms with E-state index in [1.54, 1.807) is 0 Å². The Morgan fingerprint density at radius 1 is 0.270 bits per heavy atom. The van der Waals surface area contributed by atoms with E-state index in [4.69, 9.17) is 37.0 Å². The lowest BCUT2D eigenvalue weighted by Gasteiger charge is -2.21. The first-order chi connectivity index (χ1) is 43.2. The molecule has 0 aliphatic rings. The molecule has 0 bridgehead atoms. The molecular formula is C70H136O17P2. The van der Waals surface area contributed by atoms with Crippen LogP contribution < -0.4 is 0 Å². The highest BCUT2D eigenvalue weighted by molar-refractivity contribution is 7.47. The predicted octanol–water partition coefficient (Wildman–Crippen LogP) is 20.3. The lowest BCUT2D eigenvalue weighted by molar-refractivity contribution is -0.161. The first kappa shape index (κ1) is 87.1. The van der Waals surface area contributed by atoms with Gasteiger partial charge in [0.05, 0.1) is 26.4 Å². The zero-order valence-electron chi connectivity index (χ0n) is 57.4. The second-order valence-electron chi connectivity index (χ2n) is 25.3. The number of phosphoric acid groups is 2. The second kappa shape index (κ2) is 64.8. The van der Waals surface area contributed by atoms with E-state index in [-0.39, 0.29) is 25.7 Å². The number of hydrogen-bond donors (Lipinski definition) is 3. The summed E-state index contributed by atoms with van der Waals surface area (Å²) in [6.45, 7) is 4.88. The second-order valence-corrected chi connectivity index (χ2v) is 28.2. The Labute approximate surface area is 543 Å². The smallest absolute Gasteiger partial charge is 0.462 e. The molecular weight excluding hydrogens is 1170 g/mol. The average Bonchev–Trinajstić information content (AvgIpc) is 3.55. The summed E-state index contributed by atoms with van der Waals surface area (Å²) in [4.78, 5) is 72.3. The minimum Gasteiger partial charge on any atom is -0.462 e. The van der Waals surface area contributed by atoms with Crippen LogP contribution in [0.15, 0.2) is 0 Å². The number of rotatable bonds is 71. The van der Waals surface area contributed by atoms with Crippen LogP contribution in [0, 0.1) is 0 Å². The van der Waals surface area contributed by atoms with Crippen molar-refractivity contribution in [3.05, 3.63) is 0 Å². The van der Waals surface area contributed by atoms with E-state index < -0.39 is 97.5 Å². The molecule has 0 aromatic carbocycles. The Bertz CT molecular complexity index is 1710. The van der Waals surface area contributed by atoms with Crippen molar-refractivity contribution < 1.29 is 80.2 Å². The Hall–Kier alpha value is -1.94. The number of unbranched alkanes of at least 4 members (excludes halogenated alkanes) is 45. The van der Waals surface area contributed by atoms with Crippen LogP contribution in [0.25, 0.3) is 0 Å². The van der Waals surface area contributed by atoms with E-state index in [2.05, 4.69) is 27.7 Å². The van der Waals surface area contributed by atoms with E-state index in [0.29, 0.717) is 25.7 Å². The van der Waals surface area contributed by atoms with Crippen molar-refractivity contribution in [2.45, 2.75) is 386 Å². The molecule has 19 heteroatoms. The number of ether oxygens (including phenoxy) is 4. The summed E-state index contributed by atoms with van der Waals surface area (Å²) in [5, 5.41) is 10.6. The molecule has 89 heavy (non-hydrogen) atoms. The van der Waals surface area contributed by atoms with Crippen molar-refractivity contribution in [2.75, 3.05) is 39.6 Å². The predicted molar refractivity (Wildman–Crippen MR) is 359 cm³/mol. The maximum absolute atomic E-state index is 13.0. The van der Waals surface area contributed by atoms with Gasteiger partial charge in [-0.2, -0.15) is 0 Å². The number of aliphatic hydroxyl groups excluding tert-OH is 1. The standard InChI is InChI=1S/C70H136O17P2/c1-5-9-13-17-21-24-26-28-30-32-33-35-37-39-41-45-49-53-57-70(75)87-66(61-81-68(73)55-51-47-44-40-38-36-34-31-29-27-25-22-18-14-10-6-2)63-85-89(78,79)83-59-64(71)58-82-88(76,77)84-62-65(60-80-67(72)54-50-46-42-20-16-12-8-4)86-69(74)56-52-48-43-23-19-15-11-7-3/h64-66,71H,5-63H2,1-4H3,(H,76,77)(H,78,79)/t64-,65+,66+/m0/s1. The molecule has 17 nitrogen and oxygen atoms in total. The molecule has 0 aliphatic carbocycles. The van der Waals surface area contributed by atoms with Crippen LogP contribution in [0.4, 0.5) is 0 Å². The van der Waals surface area contributed by atoms with Crippen molar-refractivity contribution in [1.82, 2.24) is 0 Å². The van der Waals surface area contributed by atoms with E-state index >= 15 is 0 Å². The highest BCUT2D eigenvalue weighted by Gasteiger charge is 2.30. The number of carbonyl (C=O) groups excluding carboxylic acids is 4. The van der Waals surface area contributed by atoms with Crippen molar-refractivity contribution >= 4 is 39.5 Å². The molecule has 5 atom stereocenters. The Balaban J connectivity index is 5.15.